The van der Waals surface area contributed by atoms with Crippen LogP contribution >= 0.6 is 11.8 Å². The Hall–Kier alpha value is -2.74. The van der Waals surface area contributed by atoms with E-state index in [4.69, 9.17) is 4.52 Å². The zero-order chi connectivity index (χ0) is 20.1. The molecule has 1 atom stereocenters. The number of piperidine rings is 1. The Morgan fingerprint density at radius 3 is 2.90 bits per heavy atom. The first-order valence-corrected chi connectivity index (χ1v) is 10.6. The molecule has 3 aromatic rings. The molecule has 0 radical (unpaired) electrons. The Balaban J connectivity index is 1.33. The Morgan fingerprint density at radius 1 is 1.24 bits per heavy atom. The van der Waals surface area contributed by atoms with E-state index in [0.29, 0.717) is 30.2 Å². The van der Waals surface area contributed by atoms with Gasteiger partial charge in [-0.15, -0.1) is 11.8 Å². The first kappa shape index (κ1) is 19.6. The molecule has 1 aliphatic heterocycles. The molecule has 0 spiro atoms. The largest absolute Gasteiger partial charge is 0.342 e. The fourth-order valence-corrected chi connectivity index (χ4v) is 4.25. The lowest BCUT2D eigenvalue weighted by Gasteiger charge is -2.32. The molecule has 150 valence electrons. The van der Waals surface area contributed by atoms with Crippen molar-refractivity contribution in [3.05, 3.63) is 60.5 Å². The lowest BCUT2D eigenvalue weighted by atomic mass is 9.95. The van der Waals surface area contributed by atoms with Gasteiger partial charge in [-0.3, -0.25) is 9.78 Å². The van der Waals surface area contributed by atoms with Crippen molar-refractivity contribution < 1.29 is 13.7 Å². The summed E-state index contributed by atoms with van der Waals surface area (Å²) in [5, 5.41) is 3.91. The molecule has 1 fully saturated rings. The SMILES string of the molecule is O=C(CSc1ccncc1)N1CCCC(Cc2nc(-c3ccccc3F)no2)C1. The molecular formula is C21H21FN4O2S. The molecule has 1 aromatic carbocycles. The predicted molar refractivity (Wildman–Crippen MR) is 108 cm³/mol. The number of halogens is 1. The van der Waals surface area contributed by atoms with Crippen molar-refractivity contribution >= 4 is 17.7 Å². The van der Waals surface area contributed by atoms with E-state index in [1.54, 1.807) is 30.6 Å². The highest BCUT2D eigenvalue weighted by molar-refractivity contribution is 8.00. The van der Waals surface area contributed by atoms with Gasteiger partial charge < -0.3 is 9.42 Å². The van der Waals surface area contributed by atoms with E-state index in [-0.39, 0.29) is 23.5 Å². The lowest BCUT2D eigenvalue weighted by molar-refractivity contribution is -0.130. The van der Waals surface area contributed by atoms with E-state index in [9.17, 15) is 9.18 Å². The molecule has 3 heterocycles. The van der Waals surface area contributed by atoms with Crippen molar-refractivity contribution in [1.29, 1.82) is 0 Å². The standard InChI is InChI=1S/C21H21FN4O2S/c22-18-6-2-1-5-17(18)21-24-19(28-25-21)12-15-4-3-11-26(13-15)20(27)14-29-16-7-9-23-10-8-16/h1-2,5-10,15H,3-4,11-14H2. The quantitative estimate of drug-likeness (QED) is 0.573. The van der Waals surface area contributed by atoms with Crippen molar-refractivity contribution in [1.82, 2.24) is 20.0 Å². The molecule has 1 aliphatic rings. The Kier molecular flexibility index (Phi) is 6.19. The minimum atomic E-state index is -0.374. The van der Waals surface area contributed by atoms with Crippen LogP contribution in [0.1, 0.15) is 18.7 Å². The maximum atomic E-state index is 13.9. The number of hydrogen-bond donors (Lipinski definition) is 0. The van der Waals surface area contributed by atoms with Gasteiger partial charge in [0.05, 0.1) is 11.3 Å². The van der Waals surface area contributed by atoms with Crippen molar-refractivity contribution in [2.24, 2.45) is 5.92 Å². The van der Waals surface area contributed by atoms with E-state index in [1.807, 2.05) is 17.0 Å². The topological polar surface area (TPSA) is 72.1 Å². The zero-order valence-corrected chi connectivity index (χ0v) is 16.6. The van der Waals surface area contributed by atoms with Crippen LogP contribution in [-0.2, 0) is 11.2 Å². The Morgan fingerprint density at radius 2 is 2.07 bits per heavy atom. The number of carbonyl (C=O) groups excluding carboxylic acids is 1. The number of pyridine rings is 1. The Bertz CT molecular complexity index is 966. The number of nitrogens with zero attached hydrogens (tertiary/aromatic N) is 4. The molecule has 0 N–H and O–H groups in total. The third kappa shape index (κ3) is 5.00. The molecule has 6 nitrogen and oxygen atoms in total. The second kappa shape index (κ2) is 9.17. The molecule has 29 heavy (non-hydrogen) atoms. The van der Waals surface area contributed by atoms with Crippen LogP contribution in [0.2, 0.25) is 0 Å². The summed E-state index contributed by atoms with van der Waals surface area (Å²) >= 11 is 1.52. The molecular weight excluding hydrogens is 391 g/mol. The number of carbonyl (C=O) groups is 1. The number of amides is 1. The van der Waals surface area contributed by atoms with Crippen LogP contribution in [-0.4, -0.2) is 44.8 Å². The monoisotopic (exact) mass is 412 g/mol. The minimum absolute atomic E-state index is 0.133. The van der Waals surface area contributed by atoms with Crippen LogP contribution in [0.3, 0.4) is 0 Å². The van der Waals surface area contributed by atoms with Crippen molar-refractivity contribution in [3.8, 4) is 11.4 Å². The van der Waals surface area contributed by atoms with Crippen LogP contribution in [0.5, 0.6) is 0 Å². The molecule has 0 bridgehead atoms. The first-order valence-electron chi connectivity index (χ1n) is 9.57. The summed E-state index contributed by atoms with van der Waals surface area (Å²) in [7, 11) is 0. The first-order chi connectivity index (χ1) is 14.2. The molecule has 0 aliphatic carbocycles. The van der Waals surface area contributed by atoms with E-state index in [1.165, 1.54) is 17.8 Å². The molecule has 0 saturated carbocycles. The van der Waals surface area contributed by atoms with Gasteiger partial charge >= 0.3 is 0 Å². The molecule has 4 rings (SSSR count). The van der Waals surface area contributed by atoms with Gasteiger partial charge in [0, 0.05) is 36.8 Å². The third-order valence-corrected chi connectivity index (χ3v) is 5.93. The number of rotatable bonds is 6. The van der Waals surface area contributed by atoms with Gasteiger partial charge in [0.25, 0.3) is 0 Å². The van der Waals surface area contributed by atoms with Crippen LogP contribution < -0.4 is 0 Å². The van der Waals surface area contributed by atoms with Crippen LogP contribution in [0.4, 0.5) is 4.39 Å². The highest BCUT2D eigenvalue weighted by Gasteiger charge is 2.25. The van der Waals surface area contributed by atoms with E-state index in [2.05, 4.69) is 15.1 Å². The maximum absolute atomic E-state index is 13.9. The average Bonchev–Trinajstić information content (AvgIpc) is 3.21. The van der Waals surface area contributed by atoms with Crippen LogP contribution in [0.15, 0.2) is 58.2 Å². The molecule has 1 saturated heterocycles. The van der Waals surface area contributed by atoms with Crippen LogP contribution in [0, 0.1) is 11.7 Å². The summed E-state index contributed by atoms with van der Waals surface area (Å²) in [6.07, 6.45) is 5.99. The molecule has 8 heteroatoms. The van der Waals surface area contributed by atoms with Crippen LogP contribution in [0.25, 0.3) is 11.4 Å². The summed E-state index contributed by atoms with van der Waals surface area (Å²) in [5.74, 6) is 1.17. The number of benzene rings is 1. The second-order valence-corrected chi connectivity index (χ2v) is 8.06. The molecule has 1 unspecified atom stereocenters. The van der Waals surface area contributed by atoms with Gasteiger partial charge in [-0.1, -0.05) is 17.3 Å². The fraction of sp³-hybridized carbons (Fsp3) is 0.333. The summed E-state index contributed by atoms with van der Waals surface area (Å²) in [4.78, 5) is 23.9. The number of likely N-dealkylation sites (tertiary alicyclic amines) is 1. The van der Waals surface area contributed by atoms with E-state index in [0.717, 1.165) is 24.3 Å². The lowest BCUT2D eigenvalue weighted by Crippen LogP contribution is -2.41. The Labute approximate surface area is 172 Å². The number of hydrogen-bond acceptors (Lipinski definition) is 6. The van der Waals surface area contributed by atoms with Crippen molar-refractivity contribution in [3.63, 3.8) is 0 Å². The van der Waals surface area contributed by atoms with Crippen molar-refractivity contribution in [2.75, 3.05) is 18.8 Å². The summed E-state index contributed by atoms with van der Waals surface area (Å²) < 4.78 is 19.2. The second-order valence-electron chi connectivity index (χ2n) is 7.02. The van der Waals surface area contributed by atoms with Gasteiger partial charge in [-0.2, -0.15) is 4.98 Å². The third-order valence-electron chi connectivity index (χ3n) is 4.93. The predicted octanol–water partition coefficient (Wildman–Crippen LogP) is 3.84. The summed E-state index contributed by atoms with van der Waals surface area (Å²) in [6, 6.07) is 10.2. The average molecular weight is 412 g/mol. The van der Waals surface area contributed by atoms with E-state index >= 15 is 0 Å². The zero-order valence-electron chi connectivity index (χ0n) is 15.8. The number of thioether (sulfide) groups is 1. The number of aromatic nitrogens is 3. The normalized spacial score (nSPS) is 16.7. The van der Waals surface area contributed by atoms with Gasteiger partial charge in [0.2, 0.25) is 17.6 Å². The van der Waals surface area contributed by atoms with Crippen molar-refractivity contribution in [2.45, 2.75) is 24.2 Å². The molecule has 1 amide bonds. The molecule has 2 aromatic heterocycles. The van der Waals surface area contributed by atoms with E-state index < -0.39 is 0 Å². The summed E-state index contributed by atoms with van der Waals surface area (Å²) in [5.41, 5.74) is 0.330. The minimum Gasteiger partial charge on any atom is -0.342 e. The van der Waals surface area contributed by atoms with Gasteiger partial charge in [0.1, 0.15) is 5.82 Å². The smallest absolute Gasteiger partial charge is 0.232 e. The maximum Gasteiger partial charge on any atom is 0.232 e. The fourth-order valence-electron chi connectivity index (χ4n) is 3.47. The van der Waals surface area contributed by atoms with Gasteiger partial charge in [-0.25, -0.2) is 4.39 Å². The summed E-state index contributed by atoms with van der Waals surface area (Å²) in [6.45, 7) is 1.45. The van der Waals surface area contributed by atoms with Gasteiger partial charge in [-0.05, 0) is 43.0 Å². The highest BCUT2D eigenvalue weighted by atomic mass is 32.2. The highest BCUT2D eigenvalue weighted by Crippen LogP contribution is 2.24. The van der Waals surface area contributed by atoms with Gasteiger partial charge in [0.15, 0.2) is 0 Å².